The molecule has 0 aliphatic carbocycles. The number of rotatable bonds is 3. The molecule has 0 unspecified atom stereocenters. The summed E-state index contributed by atoms with van der Waals surface area (Å²) in [6.07, 6.45) is 2.50. The Balaban J connectivity index is 1.77. The van der Waals surface area contributed by atoms with E-state index >= 15 is 0 Å². The topological polar surface area (TPSA) is 44.1 Å². The molecule has 1 aliphatic rings. The molecule has 0 amide bonds. The standard InChI is InChI=1S/C18H18N2O2S/c1-20-17(21)15-9-12-5-2-3-6-13(12)10-16(15)19-18(20)23-11-14-7-4-8-22-14/h2-3,5-6,9-10,14H,4,7-8,11H2,1H3/t14-/m1/s1. The van der Waals surface area contributed by atoms with Gasteiger partial charge in [-0.05, 0) is 35.7 Å². The fourth-order valence-corrected chi connectivity index (χ4v) is 4.05. The van der Waals surface area contributed by atoms with Gasteiger partial charge >= 0.3 is 0 Å². The van der Waals surface area contributed by atoms with Crippen molar-refractivity contribution in [1.82, 2.24) is 9.55 Å². The van der Waals surface area contributed by atoms with E-state index in [2.05, 4.69) is 0 Å². The van der Waals surface area contributed by atoms with Gasteiger partial charge in [-0.1, -0.05) is 36.0 Å². The van der Waals surface area contributed by atoms with E-state index < -0.39 is 0 Å². The molecule has 0 spiro atoms. The third kappa shape index (κ3) is 2.75. The van der Waals surface area contributed by atoms with Gasteiger partial charge in [0, 0.05) is 19.4 Å². The molecule has 5 heteroatoms. The third-order valence-electron chi connectivity index (χ3n) is 4.32. The molecule has 1 fully saturated rings. The van der Waals surface area contributed by atoms with E-state index in [1.54, 1.807) is 23.4 Å². The zero-order valence-corrected chi connectivity index (χ0v) is 13.8. The number of hydrogen-bond acceptors (Lipinski definition) is 4. The van der Waals surface area contributed by atoms with Crippen LogP contribution in [0.2, 0.25) is 0 Å². The second-order valence-corrected chi connectivity index (χ2v) is 6.91. The Morgan fingerprint density at radius 3 is 2.83 bits per heavy atom. The van der Waals surface area contributed by atoms with Crippen molar-refractivity contribution in [1.29, 1.82) is 0 Å². The lowest BCUT2D eigenvalue weighted by Gasteiger charge is -2.12. The highest BCUT2D eigenvalue weighted by atomic mass is 32.2. The van der Waals surface area contributed by atoms with Crippen LogP contribution in [0.5, 0.6) is 0 Å². The lowest BCUT2D eigenvalue weighted by Crippen LogP contribution is -2.21. The van der Waals surface area contributed by atoms with Crippen molar-refractivity contribution < 1.29 is 4.74 Å². The van der Waals surface area contributed by atoms with E-state index in [1.165, 1.54) is 0 Å². The van der Waals surface area contributed by atoms with Crippen molar-refractivity contribution >= 4 is 33.4 Å². The van der Waals surface area contributed by atoms with Crippen molar-refractivity contribution in [2.45, 2.75) is 24.1 Å². The summed E-state index contributed by atoms with van der Waals surface area (Å²) >= 11 is 1.61. The molecule has 0 bridgehead atoms. The van der Waals surface area contributed by atoms with Gasteiger partial charge in [0.15, 0.2) is 5.16 Å². The van der Waals surface area contributed by atoms with E-state index in [0.717, 1.165) is 46.6 Å². The van der Waals surface area contributed by atoms with Gasteiger partial charge in [-0.25, -0.2) is 4.98 Å². The van der Waals surface area contributed by atoms with Gasteiger partial charge in [0.2, 0.25) is 0 Å². The maximum Gasteiger partial charge on any atom is 0.261 e. The molecule has 2 aromatic carbocycles. The van der Waals surface area contributed by atoms with Gasteiger partial charge in [0.25, 0.3) is 5.56 Å². The van der Waals surface area contributed by atoms with Gasteiger partial charge in [0.05, 0.1) is 17.0 Å². The molecule has 0 saturated carbocycles. The summed E-state index contributed by atoms with van der Waals surface area (Å²) in [6.45, 7) is 0.849. The minimum atomic E-state index is 0.00981. The largest absolute Gasteiger partial charge is 0.377 e. The molecule has 23 heavy (non-hydrogen) atoms. The van der Waals surface area contributed by atoms with Gasteiger partial charge in [-0.3, -0.25) is 9.36 Å². The second kappa shape index (κ2) is 5.98. The van der Waals surface area contributed by atoms with Crippen LogP contribution in [-0.4, -0.2) is 28.0 Å². The predicted molar refractivity (Wildman–Crippen MR) is 94.2 cm³/mol. The Morgan fingerprint density at radius 2 is 2.09 bits per heavy atom. The number of thioether (sulfide) groups is 1. The number of benzene rings is 2. The van der Waals surface area contributed by atoms with Gasteiger partial charge in [-0.15, -0.1) is 0 Å². The van der Waals surface area contributed by atoms with E-state index in [-0.39, 0.29) is 11.7 Å². The molecule has 1 aliphatic heterocycles. The van der Waals surface area contributed by atoms with E-state index in [0.29, 0.717) is 5.39 Å². The summed E-state index contributed by atoms with van der Waals surface area (Å²) in [7, 11) is 1.79. The molecule has 2 heterocycles. The van der Waals surface area contributed by atoms with Gasteiger partial charge < -0.3 is 4.74 Å². The molecule has 1 saturated heterocycles. The monoisotopic (exact) mass is 326 g/mol. The summed E-state index contributed by atoms with van der Waals surface area (Å²) in [5.74, 6) is 0.847. The Hall–Kier alpha value is -1.85. The van der Waals surface area contributed by atoms with Crippen LogP contribution in [0.3, 0.4) is 0 Å². The third-order valence-corrected chi connectivity index (χ3v) is 5.49. The lowest BCUT2D eigenvalue weighted by atomic mass is 10.1. The Kier molecular flexibility index (Phi) is 3.83. The van der Waals surface area contributed by atoms with Crippen LogP contribution in [0, 0.1) is 0 Å². The lowest BCUT2D eigenvalue weighted by molar-refractivity contribution is 0.129. The highest BCUT2D eigenvalue weighted by molar-refractivity contribution is 7.99. The minimum Gasteiger partial charge on any atom is -0.377 e. The Bertz CT molecular complexity index is 929. The zero-order valence-electron chi connectivity index (χ0n) is 13.0. The maximum atomic E-state index is 12.7. The first-order valence-electron chi connectivity index (χ1n) is 7.86. The smallest absolute Gasteiger partial charge is 0.261 e. The first kappa shape index (κ1) is 14.7. The number of nitrogens with zero attached hydrogens (tertiary/aromatic N) is 2. The first-order valence-corrected chi connectivity index (χ1v) is 8.85. The molecule has 0 N–H and O–H groups in total. The van der Waals surface area contributed by atoms with Crippen molar-refractivity contribution in [3.63, 3.8) is 0 Å². The van der Waals surface area contributed by atoms with Crippen LogP contribution < -0.4 is 5.56 Å². The van der Waals surface area contributed by atoms with Crippen LogP contribution in [0.4, 0.5) is 0 Å². The maximum absolute atomic E-state index is 12.7. The number of aromatic nitrogens is 2. The molecule has 0 radical (unpaired) electrons. The molecule has 118 valence electrons. The number of ether oxygens (including phenoxy) is 1. The molecule has 4 nitrogen and oxygen atoms in total. The van der Waals surface area contributed by atoms with Crippen molar-refractivity contribution in [2.24, 2.45) is 7.05 Å². The zero-order chi connectivity index (χ0) is 15.8. The van der Waals surface area contributed by atoms with E-state index in [1.807, 2.05) is 36.4 Å². The van der Waals surface area contributed by atoms with Crippen molar-refractivity contribution in [3.05, 3.63) is 46.8 Å². The molecule has 3 aromatic rings. The van der Waals surface area contributed by atoms with Crippen molar-refractivity contribution in [2.75, 3.05) is 12.4 Å². The van der Waals surface area contributed by atoms with Crippen LogP contribution in [0.15, 0.2) is 46.3 Å². The van der Waals surface area contributed by atoms with Crippen LogP contribution >= 0.6 is 11.8 Å². The second-order valence-electron chi connectivity index (χ2n) is 5.92. The molecular weight excluding hydrogens is 308 g/mol. The minimum absolute atomic E-state index is 0.00981. The van der Waals surface area contributed by atoms with Gasteiger partial charge in [0.1, 0.15) is 0 Å². The number of hydrogen-bond donors (Lipinski definition) is 0. The molecular formula is C18H18N2O2S. The Morgan fingerprint density at radius 1 is 1.30 bits per heavy atom. The average Bonchev–Trinajstić information content (AvgIpc) is 3.09. The van der Waals surface area contributed by atoms with Crippen LogP contribution in [0.1, 0.15) is 12.8 Å². The summed E-state index contributed by atoms with van der Waals surface area (Å²) in [6, 6.07) is 12.0. The van der Waals surface area contributed by atoms with Gasteiger partial charge in [-0.2, -0.15) is 0 Å². The average molecular weight is 326 g/mol. The number of fused-ring (bicyclic) bond motifs is 2. The highest BCUT2D eigenvalue weighted by Crippen LogP contribution is 2.24. The van der Waals surface area contributed by atoms with E-state index in [4.69, 9.17) is 9.72 Å². The summed E-state index contributed by atoms with van der Waals surface area (Å²) < 4.78 is 7.30. The Labute approximate surface area is 138 Å². The van der Waals surface area contributed by atoms with Crippen molar-refractivity contribution in [3.8, 4) is 0 Å². The summed E-state index contributed by atoms with van der Waals surface area (Å²) in [5.41, 5.74) is 0.775. The fourth-order valence-electron chi connectivity index (χ4n) is 3.01. The van der Waals surface area contributed by atoms with Crippen LogP contribution in [0.25, 0.3) is 21.7 Å². The normalized spacial score (nSPS) is 18.0. The molecule has 4 rings (SSSR count). The SMILES string of the molecule is Cn1c(SC[C@H]2CCCO2)nc2cc3ccccc3cc2c1=O. The predicted octanol–water partition coefficient (Wildman–Crippen LogP) is 3.36. The summed E-state index contributed by atoms with van der Waals surface area (Å²) in [5, 5.41) is 3.61. The van der Waals surface area contributed by atoms with E-state index in [9.17, 15) is 4.79 Å². The first-order chi connectivity index (χ1) is 11.2. The summed E-state index contributed by atoms with van der Waals surface area (Å²) in [4.78, 5) is 17.4. The molecule has 1 aromatic heterocycles. The quantitative estimate of drug-likeness (QED) is 0.420. The van der Waals surface area contributed by atoms with Crippen LogP contribution in [-0.2, 0) is 11.8 Å². The molecule has 1 atom stereocenters. The fraction of sp³-hybridized carbons (Fsp3) is 0.333. The highest BCUT2D eigenvalue weighted by Gasteiger charge is 2.17.